The summed E-state index contributed by atoms with van der Waals surface area (Å²) >= 11 is 5.58. The molecule has 0 saturated carbocycles. The first-order valence-electron chi connectivity index (χ1n) is 8.49. The van der Waals surface area contributed by atoms with Crippen molar-refractivity contribution in [3.8, 4) is 11.5 Å². The number of amides is 1. The van der Waals surface area contributed by atoms with Gasteiger partial charge in [0.1, 0.15) is 19.8 Å². The molecule has 30 heavy (non-hydrogen) atoms. The number of ether oxygens (including phenoxy) is 2. The standard InChI is InChI=1S/C18H16ClF3N2O5S/c1-30(26,27)24(12-3-4-14(19)13(9-12)18(20,21)22)10-17(25)23-11-2-5-15-16(8-11)29-7-6-28-15/h2-5,8-9H,6-7,10H2,1H3,(H,23,25). The van der Waals surface area contributed by atoms with Crippen LogP contribution >= 0.6 is 11.6 Å². The largest absolute Gasteiger partial charge is 0.486 e. The highest BCUT2D eigenvalue weighted by Gasteiger charge is 2.34. The number of anilines is 2. The van der Waals surface area contributed by atoms with Crippen molar-refractivity contribution in [2.45, 2.75) is 6.18 Å². The highest BCUT2D eigenvalue weighted by Crippen LogP contribution is 2.37. The van der Waals surface area contributed by atoms with Crippen molar-refractivity contribution in [3.63, 3.8) is 0 Å². The van der Waals surface area contributed by atoms with E-state index in [0.717, 1.165) is 18.4 Å². The molecule has 0 saturated heterocycles. The Balaban J connectivity index is 1.83. The van der Waals surface area contributed by atoms with Crippen LogP contribution in [-0.4, -0.2) is 40.3 Å². The molecule has 0 aromatic heterocycles. The van der Waals surface area contributed by atoms with Gasteiger partial charge in [0.05, 0.1) is 22.5 Å². The maximum atomic E-state index is 13.1. The number of nitrogens with one attached hydrogen (secondary N) is 1. The fourth-order valence-corrected chi connectivity index (χ4v) is 3.81. The van der Waals surface area contributed by atoms with Crippen LogP contribution in [0, 0.1) is 0 Å². The lowest BCUT2D eigenvalue weighted by Crippen LogP contribution is -2.37. The van der Waals surface area contributed by atoms with Crippen molar-refractivity contribution in [2.75, 3.05) is 35.6 Å². The molecule has 3 rings (SSSR count). The number of hydrogen-bond acceptors (Lipinski definition) is 5. The molecule has 7 nitrogen and oxygen atoms in total. The van der Waals surface area contributed by atoms with Crippen LogP contribution in [0.15, 0.2) is 36.4 Å². The molecule has 162 valence electrons. The monoisotopic (exact) mass is 464 g/mol. The number of fused-ring (bicyclic) bond motifs is 1. The SMILES string of the molecule is CS(=O)(=O)N(CC(=O)Nc1ccc2c(c1)OCCO2)c1ccc(Cl)c(C(F)(F)F)c1. The first-order valence-corrected chi connectivity index (χ1v) is 10.7. The third kappa shape index (κ3) is 5.08. The average Bonchev–Trinajstić information content (AvgIpc) is 2.65. The van der Waals surface area contributed by atoms with Gasteiger partial charge in [0, 0.05) is 11.8 Å². The van der Waals surface area contributed by atoms with Gasteiger partial charge >= 0.3 is 6.18 Å². The molecule has 1 amide bonds. The first kappa shape index (κ1) is 22.0. The zero-order chi connectivity index (χ0) is 22.1. The van der Waals surface area contributed by atoms with Gasteiger partial charge in [-0.25, -0.2) is 8.42 Å². The van der Waals surface area contributed by atoms with Crippen LogP contribution in [0.5, 0.6) is 11.5 Å². The van der Waals surface area contributed by atoms with Gasteiger partial charge in [0.25, 0.3) is 0 Å². The Morgan fingerprint density at radius 1 is 1.13 bits per heavy atom. The summed E-state index contributed by atoms with van der Waals surface area (Å²) in [5, 5.41) is 1.91. The van der Waals surface area contributed by atoms with Gasteiger partial charge in [-0.2, -0.15) is 13.2 Å². The summed E-state index contributed by atoms with van der Waals surface area (Å²) in [7, 11) is -4.08. The van der Waals surface area contributed by atoms with E-state index in [4.69, 9.17) is 21.1 Å². The van der Waals surface area contributed by atoms with Crippen LogP contribution in [0.3, 0.4) is 0 Å². The zero-order valence-electron chi connectivity index (χ0n) is 15.5. The van der Waals surface area contributed by atoms with Crippen LogP contribution in [0.25, 0.3) is 0 Å². The molecule has 2 aromatic rings. The fraction of sp³-hybridized carbons (Fsp3) is 0.278. The van der Waals surface area contributed by atoms with E-state index in [1.807, 2.05) is 0 Å². The van der Waals surface area contributed by atoms with Crippen LogP contribution in [0.2, 0.25) is 5.02 Å². The van der Waals surface area contributed by atoms with Crippen LogP contribution in [0.4, 0.5) is 24.5 Å². The molecule has 2 aromatic carbocycles. The second-order valence-electron chi connectivity index (χ2n) is 6.34. The quantitative estimate of drug-likeness (QED) is 0.731. The molecule has 0 spiro atoms. The molecule has 12 heteroatoms. The molecule has 1 heterocycles. The Morgan fingerprint density at radius 2 is 1.80 bits per heavy atom. The second-order valence-corrected chi connectivity index (χ2v) is 8.65. The summed E-state index contributed by atoms with van der Waals surface area (Å²) in [4.78, 5) is 12.4. The molecular weight excluding hydrogens is 449 g/mol. The van der Waals surface area contributed by atoms with Gasteiger partial charge in [-0.3, -0.25) is 9.10 Å². The number of carbonyl (C=O) groups is 1. The topological polar surface area (TPSA) is 84.9 Å². The van der Waals surface area contributed by atoms with Crippen molar-refractivity contribution in [3.05, 3.63) is 47.0 Å². The molecule has 0 atom stereocenters. The Hall–Kier alpha value is -2.66. The Kier molecular flexibility index (Phi) is 6.04. The summed E-state index contributed by atoms with van der Waals surface area (Å²) in [6.07, 6.45) is -4.00. The van der Waals surface area contributed by atoms with E-state index in [1.165, 1.54) is 12.1 Å². The highest BCUT2D eigenvalue weighted by molar-refractivity contribution is 7.92. The van der Waals surface area contributed by atoms with E-state index in [0.29, 0.717) is 40.8 Å². The Bertz CT molecular complexity index is 1080. The van der Waals surface area contributed by atoms with Gasteiger partial charge in [-0.1, -0.05) is 11.6 Å². The third-order valence-corrected chi connectivity index (χ3v) is 5.53. The van der Waals surface area contributed by atoms with E-state index in [-0.39, 0.29) is 5.69 Å². The van der Waals surface area contributed by atoms with Crippen LogP contribution in [0.1, 0.15) is 5.56 Å². The molecule has 0 bridgehead atoms. The molecule has 1 aliphatic heterocycles. The van der Waals surface area contributed by atoms with Gasteiger partial charge in [0.2, 0.25) is 15.9 Å². The van der Waals surface area contributed by atoms with E-state index >= 15 is 0 Å². The van der Waals surface area contributed by atoms with Crippen molar-refractivity contribution in [1.29, 1.82) is 0 Å². The van der Waals surface area contributed by atoms with Crippen molar-refractivity contribution in [2.24, 2.45) is 0 Å². The Morgan fingerprint density at radius 3 is 2.43 bits per heavy atom. The minimum absolute atomic E-state index is 0.310. The number of benzene rings is 2. The van der Waals surface area contributed by atoms with Crippen LogP contribution in [-0.2, 0) is 21.0 Å². The van der Waals surface area contributed by atoms with E-state index < -0.39 is 39.2 Å². The van der Waals surface area contributed by atoms with Crippen LogP contribution < -0.4 is 19.1 Å². The van der Waals surface area contributed by atoms with Gasteiger partial charge in [-0.15, -0.1) is 0 Å². The smallest absolute Gasteiger partial charge is 0.417 e. The van der Waals surface area contributed by atoms with Crippen molar-refractivity contribution < 1.29 is 35.9 Å². The minimum atomic E-state index is -4.79. The number of rotatable bonds is 5. The van der Waals surface area contributed by atoms with Gasteiger partial charge in [-0.05, 0) is 30.3 Å². The van der Waals surface area contributed by atoms with E-state index in [9.17, 15) is 26.4 Å². The van der Waals surface area contributed by atoms with E-state index in [1.54, 1.807) is 6.07 Å². The van der Waals surface area contributed by atoms with Crippen molar-refractivity contribution in [1.82, 2.24) is 0 Å². The lowest BCUT2D eigenvalue weighted by Gasteiger charge is -2.23. The summed E-state index contributed by atoms with van der Waals surface area (Å²) in [5.74, 6) is 0.144. The number of carbonyl (C=O) groups excluding carboxylic acids is 1. The average molecular weight is 465 g/mol. The molecule has 0 aliphatic carbocycles. The first-order chi connectivity index (χ1) is 13.9. The molecule has 1 aliphatic rings. The van der Waals surface area contributed by atoms with E-state index in [2.05, 4.69) is 5.32 Å². The summed E-state index contributed by atoms with van der Waals surface area (Å²) in [5.41, 5.74) is -1.24. The summed E-state index contributed by atoms with van der Waals surface area (Å²) in [6.45, 7) is -0.0143. The third-order valence-electron chi connectivity index (χ3n) is 4.06. The second kappa shape index (κ2) is 8.23. The normalized spacial score (nSPS) is 13.6. The molecule has 0 unspecified atom stereocenters. The molecule has 1 N–H and O–H groups in total. The lowest BCUT2D eigenvalue weighted by atomic mass is 10.2. The molecule has 0 fully saturated rings. The van der Waals surface area contributed by atoms with Gasteiger partial charge in [0.15, 0.2) is 11.5 Å². The fourth-order valence-electron chi connectivity index (χ4n) is 2.74. The number of sulfonamides is 1. The maximum Gasteiger partial charge on any atom is 0.417 e. The zero-order valence-corrected chi connectivity index (χ0v) is 17.1. The molecule has 0 radical (unpaired) electrons. The Labute approximate surface area is 175 Å². The highest BCUT2D eigenvalue weighted by atomic mass is 35.5. The molecular formula is C18H16ClF3N2O5S. The lowest BCUT2D eigenvalue weighted by molar-refractivity contribution is -0.137. The summed E-state index contributed by atoms with van der Waals surface area (Å²) < 4.78 is 75.0. The predicted octanol–water partition coefficient (Wildman–Crippen LogP) is 3.53. The van der Waals surface area contributed by atoms with Crippen molar-refractivity contribution >= 4 is 38.9 Å². The number of halogens is 4. The van der Waals surface area contributed by atoms with Gasteiger partial charge < -0.3 is 14.8 Å². The number of alkyl halides is 3. The number of hydrogen-bond donors (Lipinski definition) is 1. The predicted molar refractivity (Wildman–Crippen MR) is 105 cm³/mol. The minimum Gasteiger partial charge on any atom is -0.486 e. The maximum absolute atomic E-state index is 13.1. The summed E-state index contributed by atoms with van der Waals surface area (Å²) in [6, 6.07) is 7.21. The number of nitrogens with zero attached hydrogens (tertiary/aromatic N) is 1.